The SMILES string of the molecule is CC(=O)CC1CCCCN1CC1CCC(C)O1. The van der Waals surface area contributed by atoms with Gasteiger partial charge in [-0.15, -0.1) is 0 Å². The first-order chi connectivity index (χ1) is 8.15. The highest BCUT2D eigenvalue weighted by molar-refractivity contribution is 5.76. The zero-order valence-corrected chi connectivity index (χ0v) is 11.2. The number of hydrogen-bond acceptors (Lipinski definition) is 3. The van der Waals surface area contributed by atoms with Crippen molar-refractivity contribution in [2.24, 2.45) is 0 Å². The largest absolute Gasteiger partial charge is 0.374 e. The lowest BCUT2D eigenvalue weighted by Gasteiger charge is -2.36. The molecule has 0 bridgehead atoms. The van der Waals surface area contributed by atoms with E-state index >= 15 is 0 Å². The second kappa shape index (κ2) is 5.96. The lowest BCUT2D eigenvalue weighted by molar-refractivity contribution is -0.118. The summed E-state index contributed by atoms with van der Waals surface area (Å²) in [6.07, 6.45) is 7.66. The zero-order chi connectivity index (χ0) is 12.3. The van der Waals surface area contributed by atoms with E-state index in [0.717, 1.165) is 19.5 Å². The van der Waals surface area contributed by atoms with E-state index in [0.29, 0.717) is 24.0 Å². The smallest absolute Gasteiger partial charge is 0.131 e. The molecule has 0 aromatic carbocycles. The van der Waals surface area contributed by atoms with Crippen molar-refractivity contribution in [3.63, 3.8) is 0 Å². The molecule has 2 fully saturated rings. The van der Waals surface area contributed by atoms with E-state index < -0.39 is 0 Å². The quantitative estimate of drug-likeness (QED) is 0.754. The molecule has 0 spiro atoms. The Balaban J connectivity index is 1.85. The second-order valence-electron chi connectivity index (χ2n) is 5.70. The molecule has 0 amide bonds. The summed E-state index contributed by atoms with van der Waals surface area (Å²) in [5.41, 5.74) is 0. The number of Topliss-reactive ketones (excluding diaryl/α,β-unsaturated/α-hetero) is 1. The number of ketones is 1. The van der Waals surface area contributed by atoms with Crippen molar-refractivity contribution in [2.45, 2.75) is 70.6 Å². The van der Waals surface area contributed by atoms with Crippen LogP contribution in [0.15, 0.2) is 0 Å². The van der Waals surface area contributed by atoms with E-state index in [1.165, 1.54) is 32.1 Å². The minimum atomic E-state index is 0.322. The molecule has 3 atom stereocenters. The Morgan fingerprint density at radius 3 is 2.76 bits per heavy atom. The van der Waals surface area contributed by atoms with Crippen molar-refractivity contribution >= 4 is 5.78 Å². The summed E-state index contributed by atoms with van der Waals surface area (Å²) < 4.78 is 5.89. The molecule has 98 valence electrons. The van der Waals surface area contributed by atoms with E-state index in [-0.39, 0.29) is 0 Å². The van der Waals surface area contributed by atoms with Gasteiger partial charge in [-0.05, 0) is 46.1 Å². The fraction of sp³-hybridized carbons (Fsp3) is 0.929. The summed E-state index contributed by atoms with van der Waals surface area (Å²) in [5.74, 6) is 0.322. The molecule has 17 heavy (non-hydrogen) atoms. The third kappa shape index (κ3) is 3.78. The van der Waals surface area contributed by atoms with Gasteiger partial charge in [-0.1, -0.05) is 6.42 Å². The molecular formula is C14H25NO2. The van der Waals surface area contributed by atoms with Crippen molar-refractivity contribution in [3.05, 3.63) is 0 Å². The maximum absolute atomic E-state index is 11.3. The van der Waals surface area contributed by atoms with E-state index in [9.17, 15) is 4.79 Å². The number of ether oxygens (including phenoxy) is 1. The van der Waals surface area contributed by atoms with Crippen LogP contribution in [0.25, 0.3) is 0 Å². The fourth-order valence-corrected chi connectivity index (χ4v) is 3.14. The summed E-state index contributed by atoms with van der Waals surface area (Å²) in [6.45, 7) is 6.04. The Morgan fingerprint density at radius 2 is 2.12 bits per heavy atom. The van der Waals surface area contributed by atoms with Crippen LogP contribution in [-0.4, -0.2) is 42.0 Å². The van der Waals surface area contributed by atoms with Crippen molar-refractivity contribution < 1.29 is 9.53 Å². The molecule has 2 heterocycles. The minimum absolute atomic E-state index is 0.322. The topological polar surface area (TPSA) is 29.5 Å². The number of rotatable bonds is 4. The number of carbonyl (C=O) groups is 1. The summed E-state index contributed by atoms with van der Waals surface area (Å²) in [5, 5.41) is 0. The van der Waals surface area contributed by atoms with Gasteiger partial charge in [0.15, 0.2) is 0 Å². The van der Waals surface area contributed by atoms with Crippen molar-refractivity contribution in [1.82, 2.24) is 4.90 Å². The van der Waals surface area contributed by atoms with Gasteiger partial charge in [-0.2, -0.15) is 0 Å². The van der Waals surface area contributed by atoms with Crippen LogP contribution < -0.4 is 0 Å². The maximum Gasteiger partial charge on any atom is 0.131 e. The van der Waals surface area contributed by atoms with Crippen LogP contribution in [0.1, 0.15) is 52.4 Å². The first kappa shape index (κ1) is 13.0. The maximum atomic E-state index is 11.3. The first-order valence-corrected chi connectivity index (χ1v) is 7.04. The molecular weight excluding hydrogens is 214 g/mol. The average molecular weight is 239 g/mol. The number of nitrogens with zero attached hydrogens (tertiary/aromatic N) is 1. The molecule has 0 N–H and O–H groups in total. The Morgan fingerprint density at radius 1 is 1.29 bits per heavy atom. The molecule has 3 heteroatoms. The van der Waals surface area contributed by atoms with Gasteiger partial charge >= 0.3 is 0 Å². The summed E-state index contributed by atoms with van der Waals surface area (Å²) in [4.78, 5) is 13.8. The third-order valence-corrected chi connectivity index (χ3v) is 4.03. The second-order valence-corrected chi connectivity index (χ2v) is 5.70. The number of likely N-dealkylation sites (tertiary alicyclic amines) is 1. The normalized spacial score (nSPS) is 35.1. The van der Waals surface area contributed by atoms with Gasteiger partial charge in [0.1, 0.15) is 5.78 Å². The standard InChI is InChI=1S/C14H25NO2/c1-11(16)9-13-5-3-4-8-15(13)10-14-7-6-12(2)17-14/h12-14H,3-10H2,1-2H3. The van der Waals surface area contributed by atoms with Gasteiger partial charge < -0.3 is 4.74 Å². The summed E-state index contributed by atoms with van der Waals surface area (Å²) in [6, 6.07) is 0.473. The molecule has 0 aliphatic carbocycles. The lowest BCUT2D eigenvalue weighted by atomic mass is 9.97. The van der Waals surface area contributed by atoms with Crippen molar-refractivity contribution in [3.8, 4) is 0 Å². The van der Waals surface area contributed by atoms with Gasteiger partial charge in [-0.3, -0.25) is 9.69 Å². The van der Waals surface area contributed by atoms with Crippen LogP contribution in [-0.2, 0) is 9.53 Å². The highest BCUT2D eigenvalue weighted by Gasteiger charge is 2.29. The zero-order valence-electron chi connectivity index (χ0n) is 11.2. The molecule has 2 rings (SSSR count). The van der Waals surface area contributed by atoms with Crippen LogP contribution in [0.2, 0.25) is 0 Å². The Kier molecular flexibility index (Phi) is 4.57. The monoisotopic (exact) mass is 239 g/mol. The van der Waals surface area contributed by atoms with E-state index in [2.05, 4.69) is 11.8 Å². The first-order valence-electron chi connectivity index (χ1n) is 7.04. The van der Waals surface area contributed by atoms with Crippen LogP contribution in [0, 0.1) is 0 Å². The number of piperidine rings is 1. The number of hydrogen-bond donors (Lipinski definition) is 0. The Hall–Kier alpha value is -0.410. The van der Waals surface area contributed by atoms with Crippen LogP contribution in [0.5, 0.6) is 0 Å². The molecule has 2 saturated heterocycles. The van der Waals surface area contributed by atoms with Gasteiger partial charge in [-0.25, -0.2) is 0 Å². The highest BCUT2D eigenvalue weighted by atomic mass is 16.5. The lowest BCUT2D eigenvalue weighted by Crippen LogP contribution is -2.44. The van der Waals surface area contributed by atoms with Crippen LogP contribution >= 0.6 is 0 Å². The molecule has 0 aromatic heterocycles. The molecule has 0 saturated carbocycles. The Labute approximate surface area is 105 Å². The van der Waals surface area contributed by atoms with E-state index in [1.54, 1.807) is 6.92 Å². The summed E-state index contributed by atoms with van der Waals surface area (Å²) >= 11 is 0. The predicted octanol–water partition coefficient (Wildman–Crippen LogP) is 2.39. The van der Waals surface area contributed by atoms with Gasteiger partial charge in [0.25, 0.3) is 0 Å². The number of carbonyl (C=O) groups excluding carboxylic acids is 1. The molecule has 0 aromatic rings. The Bertz CT molecular complexity index is 267. The van der Waals surface area contributed by atoms with Gasteiger partial charge in [0, 0.05) is 19.0 Å². The van der Waals surface area contributed by atoms with Crippen LogP contribution in [0.4, 0.5) is 0 Å². The molecule has 2 aliphatic heterocycles. The van der Waals surface area contributed by atoms with Crippen molar-refractivity contribution in [2.75, 3.05) is 13.1 Å². The fourth-order valence-electron chi connectivity index (χ4n) is 3.14. The molecule has 0 radical (unpaired) electrons. The molecule has 2 aliphatic rings. The summed E-state index contributed by atoms with van der Waals surface area (Å²) in [7, 11) is 0. The van der Waals surface area contributed by atoms with Crippen LogP contribution in [0.3, 0.4) is 0 Å². The van der Waals surface area contributed by atoms with E-state index in [4.69, 9.17) is 4.74 Å². The highest BCUT2D eigenvalue weighted by Crippen LogP contribution is 2.25. The van der Waals surface area contributed by atoms with E-state index in [1.807, 2.05) is 0 Å². The van der Waals surface area contributed by atoms with Crippen molar-refractivity contribution in [1.29, 1.82) is 0 Å². The molecule has 3 unspecified atom stereocenters. The molecule has 3 nitrogen and oxygen atoms in total. The minimum Gasteiger partial charge on any atom is -0.374 e. The van der Waals surface area contributed by atoms with Gasteiger partial charge in [0.2, 0.25) is 0 Å². The third-order valence-electron chi connectivity index (χ3n) is 4.03. The average Bonchev–Trinajstić information content (AvgIpc) is 2.66. The van der Waals surface area contributed by atoms with Gasteiger partial charge in [0.05, 0.1) is 12.2 Å². The predicted molar refractivity (Wildman–Crippen MR) is 68.1 cm³/mol.